The molecule has 0 aliphatic rings. The number of rotatable bonds is 5. The maximum Gasteiger partial charge on any atom is 0.416 e. The van der Waals surface area contributed by atoms with Gasteiger partial charge >= 0.3 is 12.2 Å². The number of urea groups is 1. The molecule has 1 aromatic heterocycles. The first-order chi connectivity index (χ1) is 11.3. The first kappa shape index (κ1) is 17.8. The number of hydrogen-bond acceptors (Lipinski definition) is 3. The van der Waals surface area contributed by atoms with Crippen molar-refractivity contribution in [2.75, 3.05) is 6.54 Å². The molecule has 0 bridgehead atoms. The SMILES string of the molecule is C[C@@H](NC(=O)NCCc1ccc(C(F)(F)F)cc1)c1nncn1C. The fourth-order valence-electron chi connectivity index (χ4n) is 2.18. The molecule has 0 saturated heterocycles. The molecule has 1 atom stereocenters. The van der Waals surface area contributed by atoms with E-state index in [1.807, 2.05) is 0 Å². The summed E-state index contributed by atoms with van der Waals surface area (Å²) in [6, 6.07) is 4.19. The second kappa shape index (κ2) is 7.33. The number of hydrogen-bond donors (Lipinski definition) is 2. The Morgan fingerprint density at radius 3 is 2.50 bits per heavy atom. The van der Waals surface area contributed by atoms with E-state index in [9.17, 15) is 18.0 Å². The van der Waals surface area contributed by atoms with Gasteiger partial charge in [0.05, 0.1) is 11.6 Å². The molecule has 0 saturated carbocycles. The lowest BCUT2D eigenvalue weighted by molar-refractivity contribution is -0.137. The zero-order valence-corrected chi connectivity index (χ0v) is 13.3. The minimum absolute atomic E-state index is 0.308. The van der Waals surface area contributed by atoms with Gasteiger partial charge in [0.2, 0.25) is 0 Å². The van der Waals surface area contributed by atoms with Crippen molar-refractivity contribution < 1.29 is 18.0 Å². The Hall–Kier alpha value is -2.58. The smallest absolute Gasteiger partial charge is 0.338 e. The van der Waals surface area contributed by atoms with E-state index in [-0.39, 0.29) is 12.1 Å². The number of amides is 2. The van der Waals surface area contributed by atoms with Crippen LogP contribution >= 0.6 is 0 Å². The van der Waals surface area contributed by atoms with Crippen LogP contribution in [-0.2, 0) is 19.6 Å². The summed E-state index contributed by atoms with van der Waals surface area (Å²) in [6.45, 7) is 2.09. The van der Waals surface area contributed by atoms with Gasteiger partial charge < -0.3 is 15.2 Å². The summed E-state index contributed by atoms with van der Waals surface area (Å²) in [5, 5.41) is 13.0. The van der Waals surface area contributed by atoms with Crippen LogP contribution in [-0.4, -0.2) is 27.3 Å². The van der Waals surface area contributed by atoms with E-state index in [2.05, 4.69) is 20.8 Å². The molecule has 2 amide bonds. The van der Waals surface area contributed by atoms with E-state index >= 15 is 0 Å². The fourth-order valence-corrected chi connectivity index (χ4v) is 2.18. The Kier molecular flexibility index (Phi) is 5.42. The molecular formula is C15H18F3N5O. The summed E-state index contributed by atoms with van der Waals surface area (Å²) in [7, 11) is 1.77. The van der Waals surface area contributed by atoms with Crippen molar-refractivity contribution in [1.29, 1.82) is 0 Å². The van der Waals surface area contributed by atoms with Crippen LogP contribution in [0.5, 0.6) is 0 Å². The molecule has 0 aliphatic carbocycles. The maximum atomic E-state index is 12.5. The zero-order valence-electron chi connectivity index (χ0n) is 13.3. The number of alkyl halides is 3. The molecule has 130 valence electrons. The summed E-state index contributed by atoms with van der Waals surface area (Å²) in [5.74, 6) is 0.618. The monoisotopic (exact) mass is 341 g/mol. The molecule has 1 aromatic carbocycles. The van der Waals surface area contributed by atoms with Crippen molar-refractivity contribution in [3.8, 4) is 0 Å². The molecule has 0 fully saturated rings. The van der Waals surface area contributed by atoms with E-state index in [0.29, 0.717) is 24.4 Å². The van der Waals surface area contributed by atoms with E-state index in [1.54, 1.807) is 18.5 Å². The number of aryl methyl sites for hydroxylation is 1. The molecule has 24 heavy (non-hydrogen) atoms. The van der Waals surface area contributed by atoms with Crippen LogP contribution in [0.1, 0.15) is 29.9 Å². The third kappa shape index (κ3) is 4.71. The number of aromatic nitrogens is 3. The zero-order chi connectivity index (χ0) is 17.7. The summed E-state index contributed by atoms with van der Waals surface area (Å²) in [5.41, 5.74) is 0.0269. The molecule has 2 rings (SSSR count). The molecule has 9 heteroatoms. The second-order valence-corrected chi connectivity index (χ2v) is 5.37. The number of carbonyl (C=O) groups is 1. The number of benzene rings is 1. The number of halogens is 3. The highest BCUT2D eigenvalue weighted by Gasteiger charge is 2.29. The Bertz CT molecular complexity index is 681. The van der Waals surface area contributed by atoms with Gasteiger partial charge in [0.1, 0.15) is 6.33 Å². The number of nitrogens with zero attached hydrogens (tertiary/aromatic N) is 3. The van der Waals surface area contributed by atoms with Gasteiger partial charge in [-0.1, -0.05) is 12.1 Å². The van der Waals surface area contributed by atoms with E-state index < -0.39 is 11.7 Å². The van der Waals surface area contributed by atoms with Crippen molar-refractivity contribution in [2.45, 2.75) is 25.6 Å². The second-order valence-electron chi connectivity index (χ2n) is 5.37. The lowest BCUT2D eigenvalue weighted by Gasteiger charge is -2.14. The van der Waals surface area contributed by atoms with Gasteiger partial charge in [-0.3, -0.25) is 0 Å². The summed E-state index contributed by atoms with van der Waals surface area (Å²) >= 11 is 0. The largest absolute Gasteiger partial charge is 0.416 e. The molecule has 0 unspecified atom stereocenters. The minimum Gasteiger partial charge on any atom is -0.338 e. The molecule has 2 aromatic rings. The van der Waals surface area contributed by atoms with Gasteiger partial charge in [0, 0.05) is 13.6 Å². The fraction of sp³-hybridized carbons (Fsp3) is 0.400. The first-order valence-corrected chi connectivity index (χ1v) is 7.32. The van der Waals surface area contributed by atoms with Crippen molar-refractivity contribution in [3.63, 3.8) is 0 Å². The molecule has 0 spiro atoms. The van der Waals surface area contributed by atoms with Crippen LogP contribution in [0.3, 0.4) is 0 Å². The van der Waals surface area contributed by atoms with Crippen LogP contribution in [0.25, 0.3) is 0 Å². The third-order valence-corrected chi connectivity index (χ3v) is 3.46. The standard InChI is InChI=1S/C15H18F3N5O/c1-10(13-22-20-9-23(13)2)21-14(24)19-8-7-11-3-5-12(6-4-11)15(16,17)18/h3-6,9-10H,7-8H2,1-2H3,(H2,19,21,24)/t10-/m1/s1. The van der Waals surface area contributed by atoms with Gasteiger partial charge in [-0.15, -0.1) is 10.2 Å². The van der Waals surface area contributed by atoms with E-state index in [1.165, 1.54) is 18.5 Å². The number of carbonyl (C=O) groups excluding carboxylic acids is 1. The summed E-state index contributed by atoms with van der Waals surface area (Å²) in [6.07, 6.45) is -2.37. The minimum atomic E-state index is -4.34. The molecule has 2 N–H and O–H groups in total. The molecule has 6 nitrogen and oxygen atoms in total. The van der Waals surface area contributed by atoms with Crippen molar-refractivity contribution in [1.82, 2.24) is 25.4 Å². The van der Waals surface area contributed by atoms with Crippen molar-refractivity contribution >= 4 is 6.03 Å². The highest BCUT2D eigenvalue weighted by molar-refractivity contribution is 5.74. The Labute approximate surface area is 137 Å². The van der Waals surface area contributed by atoms with Gasteiger partial charge in [-0.05, 0) is 31.0 Å². The van der Waals surface area contributed by atoms with E-state index in [4.69, 9.17) is 0 Å². The van der Waals surface area contributed by atoms with Gasteiger partial charge in [0.25, 0.3) is 0 Å². The van der Waals surface area contributed by atoms with Crippen molar-refractivity contribution in [3.05, 3.63) is 47.5 Å². The summed E-state index contributed by atoms with van der Waals surface area (Å²) < 4.78 is 39.1. The number of nitrogens with one attached hydrogen (secondary N) is 2. The average molecular weight is 341 g/mol. The van der Waals surface area contributed by atoms with Crippen LogP contribution in [0, 0.1) is 0 Å². The lowest BCUT2D eigenvalue weighted by atomic mass is 10.1. The lowest BCUT2D eigenvalue weighted by Crippen LogP contribution is -2.38. The predicted octanol–water partition coefficient (Wildman–Crippen LogP) is 2.44. The molecule has 0 aliphatic heterocycles. The Morgan fingerprint density at radius 1 is 1.29 bits per heavy atom. The molecule has 1 heterocycles. The van der Waals surface area contributed by atoms with Crippen LogP contribution < -0.4 is 10.6 Å². The predicted molar refractivity (Wildman–Crippen MR) is 81.1 cm³/mol. The first-order valence-electron chi connectivity index (χ1n) is 7.32. The Balaban J connectivity index is 1.77. The Morgan fingerprint density at radius 2 is 1.96 bits per heavy atom. The maximum absolute atomic E-state index is 12.5. The van der Waals surface area contributed by atoms with Crippen LogP contribution in [0.15, 0.2) is 30.6 Å². The quantitative estimate of drug-likeness (QED) is 0.877. The third-order valence-electron chi connectivity index (χ3n) is 3.46. The van der Waals surface area contributed by atoms with Gasteiger partial charge in [-0.25, -0.2) is 4.79 Å². The van der Waals surface area contributed by atoms with E-state index in [0.717, 1.165) is 12.1 Å². The molecule has 0 radical (unpaired) electrons. The topological polar surface area (TPSA) is 71.8 Å². The highest BCUT2D eigenvalue weighted by atomic mass is 19.4. The van der Waals surface area contributed by atoms with Gasteiger partial charge in [0.15, 0.2) is 5.82 Å². The van der Waals surface area contributed by atoms with Crippen molar-refractivity contribution in [2.24, 2.45) is 7.05 Å². The highest BCUT2D eigenvalue weighted by Crippen LogP contribution is 2.29. The average Bonchev–Trinajstić information content (AvgIpc) is 2.93. The normalized spacial score (nSPS) is 12.7. The summed E-state index contributed by atoms with van der Waals surface area (Å²) in [4.78, 5) is 11.8. The van der Waals surface area contributed by atoms with Crippen LogP contribution in [0.2, 0.25) is 0 Å². The van der Waals surface area contributed by atoms with Crippen LogP contribution in [0.4, 0.5) is 18.0 Å². The van der Waals surface area contributed by atoms with Gasteiger partial charge in [-0.2, -0.15) is 13.2 Å². The molecular weight excluding hydrogens is 323 g/mol.